The zero-order valence-electron chi connectivity index (χ0n) is 25.2. The van der Waals surface area contributed by atoms with Crippen molar-refractivity contribution in [1.29, 1.82) is 0 Å². The SMILES string of the molecule is COc1ccccc1/C=C/C(=O)N1C[C@H]2[C@]3(c4ccc(C)cc4)CC[C@@H](c4ccccc43)[C@@]2(C(=O)NN2CCCCC2)C1. The van der Waals surface area contributed by atoms with Crippen LogP contribution in [-0.4, -0.2) is 55.0 Å². The molecule has 8 rings (SSSR count). The number of piperidine rings is 1. The van der Waals surface area contributed by atoms with E-state index in [9.17, 15) is 9.59 Å². The Kier molecular flexibility index (Phi) is 7.13. The van der Waals surface area contributed by atoms with Crippen molar-refractivity contribution in [1.82, 2.24) is 15.3 Å². The van der Waals surface area contributed by atoms with Gasteiger partial charge in [0.25, 0.3) is 0 Å². The first-order valence-corrected chi connectivity index (χ1v) is 15.8. The Morgan fingerprint density at radius 1 is 0.953 bits per heavy atom. The molecule has 43 heavy (non-hydrogen) atoms. The Bertz CT molecular complexity index is 1560. The summed E-state index contributed by atoms with van der Waals surface area (Å²) in [6.45, 7) is 4.83. The second-order valence-electron chi connectivity index (χ2n) is 12.9. The van der Waals surface area contributed by atoms with Gasteiger partial charge in [-0.25, -0.2) is 5.01 Å². The van der Waals surface area contributed by atoms with Gasteiger partial charge in [0.2, 0.25) is 11.8 Å². The molecule has 0 spiro atoms. The predicted octanol–water partition coefficient (Wildman–Crippen LogP) is 5.86. The predicted molar refractivity (Wildman–Crippen MR) is 168 cm³/mol. The van der Waals surface area contributed by atoms with Crippen LogP contribution >= 0.6 is 0 Å². The van der Waals surface area contributed by atoms with Gasteiger partial charge in [0, 0.05) is 55.1 Å². The minimum atomic E-state index is -0.719. The molecule has 4 atom stereocenters. The molecule has 3 fully saturated rings. The van der Waals surface area contributed by atoms with E-state index in [0.717, 1.165) is 50.1 Å². The number of aryl methyl sites for hydroxylation is 1. The molecule has 2 heterocycles. The number of carbonyl (C=O) groups is 2. The van der Waals surface area contributed by atoms with Crippen LogP contribution in [0.1, 0.15) is 65.8 Å². The highest BCUT2D eigenvalue weighted by Crippen LogP contribution is 2.69. The van der Waals surface area contributed by atoms with Gasteiger partial charge in [0.05, 0.1) is 12.5 Å². The normalized spacial score (nSPS) is 28.0. The van der Waals surface area contributed by atoms with E-state index < -0.39 is 5.41 Å². The molecular formula is C37H41N3O3. The third-order valence-corrected chi connectivity index (χ3v) is 10.8. The Balaban J connectivity index is 1.33. The largest absolute Gasteiger partial charge is 0.496 e. The number of fused-ring (bicyclic) bond motifs is 1. The molecule has 0 unspecified atom stereocenters. The molecule has 6 heteroatoms. The number of para-hydroxylation sites is 1. The summed E-state index contributed by atoms with van der Waals surface area (Å²) in [6.07, 6.45) is 8.77. The lowest BCUT2D eigenvalue weighted by Gasteiger charge is -2.60. The zero-order valence-corrected chi connectivity index (χ0v) is 25.2. The van der Waals surface area contributed by atoms with Crippen LogP contribution in [0.25, 0.3) is 6.08 Å². The molecule has 2 bridgehead atoms. The summed E-state index contributed by atoms with van der Waals surface area (Å²) in [4.78, 5) is 30.7. The maximum atomic E-state index is 14.8. The molecule has 3 aromatic carbocycles. The van der Waals surface area contributed by atoms with Crippen LogP contribution in [0.2, 0.25) is 0 Å². The van der Waals surface area contributed by atoms with E-state index in [4.69, 9.17) is 4.74 Å². The number of hydrogen-bond acceptors (Lipinski definition) is 4. The molecule has 3 aromatic rings. The van der Waals surface area contributed by atoms with E-state index in [1.165, 1.54) is 28.7 Å². The van der Waals surface area contributed by atoms with Gasteiger partial charge in [0.15, 0.2) is 0 Å². The highest BCUT2D eigenvalue weighted by molar-refractivity contribution is 5.94. The third-order valence-electron chi connectivity index (χ3n) is 10.8. The summed E-state index contributed by atoms with van der Waals surface area (Å²) in [5.74, 6) is 0.768. The van der Waals surface area contributed by atoms with Crippen molar-refractivity contribution in [3.8, 4) is 5.75 Å². The van der Waals surface area contributed by atoms with Crippen molar-refractivity contribution < 1.29 is 14.3 Å². The lowest BCUT2D eigenvalue weighted by Crippen LogP contribution is -2.64. The first kappa shape index (κ1) is 27.9. The fraction of sp³-hybridized carbons (Fsp3) is 0.405. The summed E-state index contributed by atoms with van der Waals surface area (Å²) < 4.78 is 5.51. The standard InChI is InChI=1S/C37H41N3O3/c1-26-14-17-28(18-15-26)36-21-20-31(29-11-5-6-12-30(29)36)37(35(42)38-40-22-8-3-9-23-40)25-39(24-33(36)37)34(41)19-16-27-10-4-7-13-32(27)43-2/h4-7,10-19,31,33H,3,8-9,20-25H2,1-2H3,(H,38,42)/b19-16+/t31-,33-,36-,37-/m0/s1. The first-order chi connectivity index (χ1) is 21.0. The average molecular weight is 576 g/mol. The minimum Gasteiger partial charge on any atom is -0.496 e. The Hall–Kier alpha value is -3.90. The highest BCUT2D eigenvalue weighted by Gasteiger charge is 2.70. The summed E-state index contributed by atoms with van der Waals surface area (Å²) in [5.41, 5.74) is 8.27. The smallest absolute Gasteiger partial charge is 0.246 e. The van der Waals surface area contributed by atoms with E-state index in [-0.39, 0.29) is 29.1 Å². The molecule has 2 saturated heterocycles. The van der Waals surface area contributed by atoms with Crippen molar-refractivity contribution in [3.05, 3.63) is 107 Å². The van der Waals surface area contributed by atoms with E-state index in [2.05, 4.69) is 65.9 Å². The van der Waals surface area contributed by atoms with Gasteiger partial charge in [-0.3, -0.25) is 15.0 Å². The minimum absolute atomic E-state index is 0.0373. The lowest BCUT2D eigenvalue weighted by molar-refractivity contribution is -0.145. The van der Waals surface area contributed by atoms with Crippen molar-refractivity contribution >= 4 is 17.9 Å². The third kappa shape index (κ3) is 4.41. The molecular weight excluding hydrogens is 534 g/mol. The zero-order chi connectivity index (χ0) is 29.6. The monoisotopic (exact) mass is 575 g/mol. The van der Waals surface area contributed by atoms with Crippen LogP contribution in [0, 0.1) is 18.3 Å². The number of benzene rings is 3. The second-order valence-corrected chi connectivity index (χ2v) is 12.9. The van der Waals surface area contributed by atoms with Gasteiger partial charge in [-0.15, -0.1) is 0 Å². The summed E-state index contributed by atoms with van der Waals surface area (Å²) >= 11 is 0. The van der Waals surface area contributed by atoms with E-state index in [1.807, 2.05) is 35.2 Å². The Morgan fingerprint density at radius 2 is 1.70 bits per heavy atom. The van der Waals surface area contributed by atoms with Crippen molar-refractivity contribution in [3.63, 3.8) is 0 Å². The van der Waals surface area contributed by atoms with Crippen LogP contribution in [0.3, 0.4) is 0 Å². The maximum absolute atomic E-state index is 14.8. The maximum Gasteiger partial charge on any atom is 0.246 e. The number of ether oxygens (including phenoxy) is 1. The Morgan fingerprint density at radius 3 is 2.49 bits per heavy atom. The molecule has 1 saturated carbocycles. The highest BCUT2D eigenvalue weighted by atomic mass is 16.5. The quantitative estimate of drug-likeness (QED) is 0.375. The van der Waals surface area contributed by atoms with Gasteiger partial charge < -0.3 is 9.64 Å². The van der Waals surface area contributed by atoms with Gasteiger partial charge in [0.1, 0.15) is 5.75 Å². The molecule has 2 aliphatic heterocycles. The number of methoxy groups -OCH3 is 1. The van der Waals surface area contributed by atoms with Crippen molar-refractivity contribution in [2.75, 3.05) is 33.3 Å². The second kappa shape index (κ2) is 11.0. The summed E-state index contributed by atoms with van der Waals surface area (Å²) in [7, 11) is 1.64. The number of likely N-dealkylation sites (tertiary alicyclic amines) is 1. The first-order valence-electron chi connectivity index (χ1n) is 15.8. The van der Waals surface area contributed by atoms with Gasteiger partial charge in [-0.2, -0.15) is 0 Å². The molecule has 0 aromatic heterocycles. The topological polar surface area (TPSA) is 61.9 Å². The van der Waals surface area contributed by atoms with Crippen LogP contribution in [0.4, 0.5) is 0 Å². The van der Waals surface area contributed by atoms with Crippen molar-refractivity contribution in [2.45, 2.75) is 50.4 Å². The number of rotatable bonds is 6. The van der Waals surface area contributed by atoms with Gasteiger partial charge in [-0.1, -0.05) is 78.7 Å². The molecule has 1 N–H and O–H groups in total. The molecule has 0 radical (unpaired) electrons. The fourth-order valence-corrected chi connectivity index (χ4v) is 8.82. The van der Waals surface area contributed by atoms with Crippen molar-refractivity contribution in [2.24, 2.45) is 11.3 Å². The van der Waals surface area contributed by atoms with Crippen LogP contribution in [0.15, 0.2) is 78.9 Å². The van der Waals surface area contributed by atoms with Crippen LogP contribution < -0.4 is 10.2 Å². The molecule has 222 valence electrons. The summed E-state index contributed by atoms with van der Waals surface area (Å²) in [6, 6.07) is 25.4. The molecule has 6 nitrogen and oxygen atoms in total. The number of nitrogens with one attached hydrogen (secondary N) is 1. The number of hydrogen-bond donors (Lipinski definition) is 1. The molecule has 2 amide bonds. The average Bonchev–Trinajstić information content (AvgIpc) is 3.49. The van der Waals surface area contributed by atoms with E-state index >= 15 is 0 Å². The fourth-order valence-electron chi connectivity index (χ4n) is 8.82. The van der Waals surface area contributed by atoms with Gasteiger partial charge in [-0.05, 0) is 61.4 Å². The molecule has 3 aliphatic carbocycles. The summed E-state index contributed by atoms with van der Waals surface area (Å²) in [5, 5.41) is 2.12. The number of hydrazine groups is 1. The molecule has 5 aliphatic rings. The number of carbonyl (C=O) groups excluding carboxylic acids is 2. The van der Waals surface area contributed by atoms with E-state index in [1.54, 1.807) is 13.2 Å². The number of amides is 2. The van der Waals surface area contributed by atoms with Crippen LogP contribution in [-0.2, 0) is 15.0 Å². The van der Waals surface area contributed by atoms with E-state index in [0.29, 0.717) is 13.1 Å². The Labute approximate surface area is 254 Å². The number of nitrogens with zero attached hydrogens (tertiary/aromatic N) is 2. The van der Waals surface area contributed by atoms with Gasteiger partial charge >= 0.3 is 0 Å². The lowest BCUT2D eigenvalue weighted by atomic mass is 9.42. The van der Waals surface area contributed by atoms with Crippen LogP contribution in [0.5, 0.6) is 5.75 Å².